The fraction of sp³-hybridized carbons (Fsp3) is 0.500. The zero-order valence-corrected chi connectivity index (χ0v) is 17.3. The average molecular weight is 439 g/mol. The highest BCUT2D eigenvalue weighted by Crippen LogP contribution is 2.19. The molecule has 8 heteroatoms. The minimum Gasteiger partial charge on any atom is -0.416 e. The van der Waals surface area contributed by atoms with Gasteiger partial charge in [-0.2, -0.15) is 0 Å². The molecule has 1 fully saturated rings. The lowest BCUT2D eigenvalue weighted by Crippen LogP contribution is -2.49. The van der Waals surface area contributed by atoms with Crippen molar-refractivity contribution in [1.82, 2.24) is 20.0 Å². The minimum atomic E-state index is 0.138. The number of piperazine rings is 1. The Morgan fingerprint density at radius 1 is 1.19 bits per heavy atom. The van der Waals surface area contributed by atoms with Crippen LogP contribution in [0, 0.1) is 0 Å². The number of rotatable bonds is 7. The maximum absolute atomic E-state index is 12.4. The Balaban J connectivity index is 1.44. The summed E-state index contributed by atoms with van der Waals surface area (Å²) in [5.74, 6) is 1.04. The Morgan fingerprint density at radius 2 is 1.92 bits per heavy atom. The van der Waals surface area contributed by atoms with Crippen molar-refractivity contribution in [2.75, 3.05) is 38.5 Å². The molecule has 1 aliphatic rings. The molecular weight excluding hydrogens is 416 g/mol. The van der Waals surface area contributed by atoms with Crippen molar-refractivity contribution in [3.8, 4) is 0 Å². The first-order valence-corrected chi connectivity index (χ1v) is 10.6. The van der Waals surface area contributed by atoms with Crippen LogP contribution in [-0.2, 0) is 11.2 Å². The van der Waals surface area contributed by atoms with E-state index in [9.17, 15) is 4.79 Å². The summed E-state index contributed by atoms with van der Waals surface area (Å²) in [6, 6.07) is 8.01. The first-order chi connectivity index (χ1) is 12.6. The van der Waals surface area contributed by atoms with Crippen LogP contribution in [-0.4, -0.2) is 64.4 Å². The smallest absolute Gasteiger partial charge is 0.277 e. The Kier molecular flexibility index (Phi) is 7.10. The van der Waals surface area contributed by atoms with E-state index in [0.29, 0.717) is 23.3 Å². The Bertz CT molecular complexity index is 714. The first-order valence-electron chi connectivity index (χ1n) is 8.84. The molecule has 1 aromatic heterocycles. The van der Waals surface area contributed by atoms with E-state index >= 15 is 0 Å². The molecule has 6 nitrogen and oxygen atoms in total. The van der Waals surface area contributed by atoms with Crippen LogP contribution in [0.2, 0.25) is 0 Å². The third-order valence-electron chi connectivity index (χ3n) is 4.30. The van der Waals surface area contributed by atoms with Crippen LogP contribution in [0.5, 0.6) is 0 Å². The number of halogens is 1. The van der Waals surface area contributed by atoms with Gasteiger partial charge in [0, 0.05) is 30.7 Å². The van der Waals surface area contributed by atoms with Gasteiger partial charge >= 0.3 is 0 Å². The van der Waals surface area contributed by atoms with Crippen LogP contribution in [0.3, 0.4) is 0 Å². The fourth-order valence-electron chi connectivity index (χ4n) is 2.90. The second-order valence-electron chi connectivity index (χ2n) is 6.28. The molecule has 0 radical (unpaired) electrons. The second kappa shape index (κ2) is 9.53. The van der Waals surface area contributed by atoms with Crippen molar-refractivity contribution in [2.24, 2.45) is 0 Å². The predicted octanol–water partition coefficient (Wildman–Crippen LogP) is 3.07. The summed E-state index contributed by atoms with van der Waals surface area (Å²) in [5.41, 5.74) is 1.11. The Morgan fingerprint density at radius 3 is 2.62 bits per heavy atom. The lowest BCUT2D eigenvalue weighted by Gasteiger charge is -2.34. The minimum absolute atomic E-state index is 0.138. The van der Waals surface area contributed by atoms with E-state index in [2.05, 4.69) is 38.0 Å². The van der Waals surface area contributed by atoms with Crippen molar-refractivity contribution in [1.29, 1.82) is 0 Å². The molecule has 1 saturated heterocycles. The molecule has 1 aliphatic heterocycles. The first kappa shape index (κ1) is 19.4. The van der Waals surface area contributed by atoms with Gasteiger partial charge in [-0.05, 0) is 30.7 Å². The van der Waals surface area contributed by atoms with Crippen LogP contribution in [0.25, 0.3) is 0 Å². The van der Waals surface area contributed by atoms with Crippen LogP contribution in [0.1, 0.15) is 24.8 Å². The molecule has 1 aromatic carbocycles. The number of amides is 1. The topological polar surface area (TPSA) is 62.5 Å². The number of carbonyl (C=O) groups is 1. The number of carbonyl (C=O) groups excluding carboxylic acids is 1. The molecule has 2 aromatic rings. The van der Waals surface area contributed by atoms with Gasteiger partial charge in [0.15, 0.2) is 0 Å². The molecular formula is C18H23BrN4O2S. The standard InChI is InChI=1S/C18H23BrN4O2S/c1-2-7-22-8-10-23(11-9-22)17(24)13-26-18-21-20-16(25-18)12-14-3-5-15(19)6-4-14/h3-6H,2,7-13H2,1H3. The molecule has 0 N–H and O–H groups in total. The molecule has 0 bridgehead atoms. The van der Waals surface area contributed by atoms with Crippen LogP contribution >= 0.6 is 27.7 Å². The number of hydrogen-bond acceptors (Lipinski definition) is 6. The van der Waals surface area contributed by atoms with Crippen molar-refractivity contribution < 1.29 is 9.21 Å². The molecule has 1 amide bonds. The number of hydrogen-bond donors (Lipinski definition) is 0. The van der Waals surface area contributed by atoms with Crippen molar-refractivity contribution in [3.05, 3.63) is 40.2 Å². The van der Waals surface area contributed by atoms with E-state index in [1.54, 1.807) is 0 Å². The molecule has 0 atom stereocenters. The quantitative estimate of drug-likeness (QED) is 0.618. The summed E-state index contributed by atoms with van der Waals surface area (Å²) in [6.07, 6.45) is 1.75. The van der Waals surface area contributed by atoms with Gasteiger partial charge in [-0.1, -0.05) is 46.7 Å². The van der Waals surface area contributed by atoms with Gasteiger partial charge in [-0.3, -0.25) is 9.69 Å². The molecule has 26 heavy (non-hydrogen) atoms. The summed E-state index contributed by atoms with van der Waals surface area (Å²) in [6.45, 7) is 6.82. The lowest BCUT2D eigenvalue weighted by atomic mass is 10.2. The third-order valence-corrected chi connectivity index (χ3v) is 5.63. The largest absolute Gasteiger partial charge is 0.416 e. The van der Waals surface area contributed by atoms with Crippen molar-refractivity contribution >= 4 is 33.6 Å². The zero-order chi connectivity index (χ0) is 18.4. The Labute approximate surface area is 166 Å². The maximum atomic E-state index is 12.4. The summed E-state index contributed by atoms with van der Waals surface area (Å²) >= 11 is 4.73. The number of nitrogens with zero attached hydrogens (tertiary/aromatic N) is 4. The van der Waals surface area contributed by atoms with E-state index < -0.39 is 0 Å². The van der Waals surface area contributed by atoms with Gasteiger partial charge in [0.25, 0.3) is 5.22 Å². The van der Waals surface area contributed by atoms with Crippen molar-refractivity contribution in [3.63, 3.8) is 0 Å². The summed E-state index contributed by atoms with van der Waals surface area (Å²) in [5, 5.41) is 8.57. The predicted molar refractivity (Wildman–Crippen MR) is 105 cm³/mol. The average Bonchev–Trinajstić information content (AvgIpc) is 3.10. The van der Waals surface area contributed by atoms with E-state index in [4.69, 9.17) is 4.42 Å². The molecule has 0 saturated carbocycles. The normalized spacial score (nSPS) is 15.4. The van der Waals surface area contributed by atoms with E-state index in [-0.39, 0.29) is 5.91 Å². The summed E-state index contributed by atoms with van der Waals surface area (Å²) < 4.78 is 6.69. The molecule has 0 spiro atoms. The summed E-state index contributed by atoms with van der Waals surface area (Å²) in [4.78, 5) is 16.7. The van der Waals surface area contributed by atoms with Gasteiger partial charge in [0.2, 0.25) is 11.8 Å². The van der Waals surface area contributed by atoms with E-state index in [0.717, 1.165) is 49.2 Å². The highest BCUT2D eigenvalue weighted by Gasteiger charge is 2.21. The fourth-order valence-corrected chi connectivity index (χ4v) is 3.84. The van der Waals surface area contributed by atoms with Crippen molar-refractivity contribution in [2.45, 2.75) is 25.0 Å². The van der Waals surface area contributed by atoms with Gasteiger partial charge in [-0.15, -0.1) is 10.2 Å². The van der Waals surface area contributed by atoms with Crippen LogP contribution < -0.4 is 0 Å². The molecule has 0 aliphatic carbocycles. The van der Waals surface area contributed by atoms with Gasteiger partial charge in [-0.25, -0.2) is 0 Å². The molecule has 0 unspecified atom stereocenters. The second-order valence-corrected chi connectivity index (χ2v) is 8.12. The zero-order valence-electron chi connectivity index (χ0n) is 14.9. The Hall–Kier alpha value is -1.38. The van der Waals surface area contributed by atoms with Gasteiger partial charge in [0.05, 0.1) is 12.2 Å². The van der Waals surface area contributed by atoms with Gasteiger partial charge < -0.3 is 9.32 Å². The number of benzene rings is 1. The number of thioether (sulfide) groups is 1. The van der Waals surface area contributed by atoms with Crippen LogP contribution in [0.15, 0.2) is 38.4 Å². The maximum Gasteiger partial charge on any atom is 0.277 e. The van der Waals surface area contributed by atoms with E-state index in [1.165, 1.54) is 11.8 Å². The molecule has 140 valence electrons. The summed E-state index contributed by atoms with van der Waals surface area (Å²) in [7, 11) is 0. The highest BCUT2D eigenvalue weighted by atomic mass is 79.9. The third kappa shape index (κ3) is 5.56. The highest BCUT2D eigenvalue weighted by molar-refractivity contribution is 9.10. The number of aromatic nitrogens is 2. The SMILES string of the molecule is CCCN1CCN(C(=O)CSc2nnc(Cc3ccc(Br)cc3)o2)CC1. The monoisotopic (exact) mass is 438 g/mol. The lowest BCUT2D eigenvalue weighted by molar-refractivity contribution is -0.130. The molecule has 3 rings (SSSR count). The van der Waals surface area contributed by atoms with E-state index in [1.807, 2.05) is 29.2 Å². The molecule has 2 heterocycles. The van der Waals surface area contributed by atoms with Gasteiger partial charge in [0.1, 0.15) is 0 Å². The van der Waals surface area contributed by atoms with Crippen LogP contribution in [0.4, 0.5) is 0 Å².